The largest absolute Gasteiger partial charge is 0.240 e. The van der Waals surface area contributed by atoms with Crippen molar-refractivity contribution in [1.29, 1.82) is 0 Å². The van der Waals surface area contributed by atoms with Gasteiger partial charge in [-0.2, -0.15) is 5.10 Å². The van der Waals surface area contributed by atoms with E-state index in [0.29, 0.717) is 0 Å². The smallest absolute Gasteiger partial charge is 0.0697 e. The normalized spacial score (nSPS) is 10.6. The topological polar surface area (TPSA) is 17.8 Å². The molecule has 1 heterocycles. The maximum absolute atomic E-state index is 4.41. The van der Waals surface area contributed by atoms with Gasteiger partial charge in [0.05, 0.1) is 11.4 Å². The minimum Gasteiger partial charge on any atom is -0.240 e. The SMILES string of the molecule is Cc1ccn(-c2cc(Br)ccc2CBr)n1. The number of alkyl halides is 1. The quantitative estimate of drug-likeness (QED) is 0.765. The zero-order chi connectivity index (χ0) is 10.8. The highest BCUT2D eigenvalue weighted by molar-refractivity contribution is 9.10. The highest BCUT2D eigenvalue weighted by atomic mass is 79.9. The Labute approximate surface area is 106 Å². The molecular formula is C11H10Br2N2. The van der Waals surface area contributed by atoms with Crippen molar-refractivity contribution in [3.63, 3.8) is 0 Å². The lowest BCUT2D eigenvalue weighted by Crippen LogP contribution is -1.99. The van der Waals surface area contributed by atoms with Crippen LogP contribution >= 0.6 is 31.9 Å². The molecule has 2 nitrogen and oxygen atoms in total. The number of aromatic nitrogens is 2. The van der Waals surface area contributed by atoms with E-state index in [1.54, 1.807) is 0 Å². The molecule has 1 aromatic carbocycles. The second-order valence-corrected chi connectivity index (χ2v) is 4.78. The lowest BCUT2D eigenvalue weighted by Gasteiger charge is -2.07. The van der Waals surface area contributed by atoms with Crippen LogP contribution in [0.25, 0.3) is 5.69 Å². The van der Waals surface area contributed by atoms with Gasteiger partial charge < -0.3 is 0 Å². The molecule has 0 fully saturated rings. The first kappa shape index (κ1) is 10.9. The lowest BCUT2D eigenvalue weighted by molar-refractivity contribution is 0.854. The summed E-state index contributed by atoms with van der Waals surface area (Å²) in [5.41, 5.74) is 3.35. The van der Waals surface area contributed by atoms with Crippen LogP contribution in [-0.2, 0) is 5.33 Å². The summed E-state index contributed by atoms with van der Waals surface area (Å²) < 4.78 is 2.96. The van der Waals surface area contributed by atoms with Crippen LogP contribution in [0.2, 0.25) is 0 Å². The molecular weight excluding hydrogens is 320 g/mol. The minimum absolute atomic E-state index is 0.828. The van der Waals surface area contributed by atoms with Gasteiger partial charge >= 0.3 is 0 Å². The Morgan fingerprint density at radius 2 is 2.13 bits per heavy atom. The Balaban J connectivity index is 2.55. The van der Waals surface area contributed by atoms with E-state index in [0.717, 1.165) is 21.2 Å². The molecule has 0 aliphatic rings. The molecule has 0 saturated carbocycles. The Bertz CT molecular complexity index is 477. The molecule has 0 radical (unpaired) electrons. The third kappa shape index (κ3) is 2.32. The first-order valence-corrected chi connectivity index (χ1v) is 6.49. The third-order valence-corrected chi connectivity index (χ3v) is 3.26. The highest BCUT2D eigenvalue weighted by Gasteiger charge is 2.05. The van der Waals surface area contributed by atoms with Gasteiger partial charge in [-0.15, -0.1) is 0 Å². The summed E-state index contributed by atoms with van der Waals surface area (Å²) in [7, 11) is 0. The van der Waals surface area contributed by atoms with E-state index < -0.39 is 0 Å². The summed E-state index contributed by atoms with van der Waals surface area (Å²) in [4.78, 5) is 0. The fourth-order valence-electron chi connectivity index (χ4n) is 1.41. The Morgan fingerprint density at radius 1 is 1.33 bits per heavy atom. The third-order valence-electron chi connectivity index (χ3n) is 2.16. The van der Waals surface area contributed by atoms with Gasteiger partial charge in [0.1, 0.15) is 0 Å². The number of rotatable bonds is 2. The van der Waals surface area contributed by atoms with E-state index in [9.17, 15) is 0 Å². The van der Waals surface area contributed by atoms with Gasteiger partial charge in [-0.05, 0) is 30.7 Å². The van der Waals surface area contributed by atoms with E-state index >= 15 is 0 Å². The number of hydrogen-bond acceptors (Lipinski definition) is 1. The molecule has 78 valence electrons. The van der Waals surface area contributed by atoms with Gasteiger partial charge in [0.25, 0.3) is 0 Å². The number of nitrogens with zero attached hydrogens (tertiary/aromatic N) is 2. The molecule has 4 heteroatoms. The Kier molecular flexibility index (Phi) is 3.26. The molecule has 0 atom stereocenters. The van der Waals surface area contributed by atoms with Gasteiger partial charge in [0.2, 0.25) is 0 Å². The molecule has 0 N–H and O–H groups in total. The molecule has 0 bridgehead atoms. The zero-order valence-corrected chi connectivity index (χ0v) is 11.4. The Hall–Kier alpha value is -0.610. The van der Waals surface area contributed by atoms with Crippen LogP contribution in [0.3, 0.4) is 0 Å². The molecule has 0 unspecified atom stereocenters. The number of benzene rings is 1. The highest BCUT2D eigenvalue weighted by Crippen LogP contribution is 2.22. The second-order valence-electron chi connectivity index (χ2n) is 3.31. The predicted octanol–water partition coefficient (Wildman–Crippen LogP) is 3.84. The van der Waals surface area contributed by atoms with Crippen LogP contribution in [0.1, 0.15) is 11.3 Å². The number of hydrogen-bond donors (Lipinski definition) is 0. The lowest BCUT2D eigenvalue weighted by atomic mass is 10.2. The summed E-state index contributed by atoms with van der Waals surface area (Å²) in [5.74, 6) is 0. The van der Waals surface area contributed by atoms with Crippen molar-refractivity contribution in [3.05, 3.63) is 46.2 Å². The number of aryl methyl sites for hydroxylation is 1. The molecule has 15 heavy (non-hydrogen) atoms. The van der Waals surface area contributed by atoms with Gasteiger partial charge in [0, 0.05) is 16.0 Å². The molecule has 2 rings (SSSR count). The van der Waals surface area contributed by atoms with E-state index in [1.165, 1.54) is 5.56 Å². The first-order valence-electron chi connectivity index (χ1n) is 4.58. The molecule has 0 aliphatic heterocycles. The summed E-state index contributed by atoms with van der Waals surface area (Å²) in [6, 6.07) is 8.20. The number of halogens is 2. The summed E-state index contributed by atoms with van der Waals surface area (Å²) in [5, 5.41) is 5.23. The average Bonchev–Trinajstić information content (AvgIpc) is 2.65. The van der Waals surface area contributed by atoms with Crippen molar-refractivity contribution in [2.24, 2.45) is 0 Å². The van der Waals surface area contributed by atoms with E-state index in [-0.39, 0.29) is 0 Å². The van der Waals surface area contributed by atoms with Crippen molar-refractivity contribution in [2.45, 2.75) is 12.3 Å². The zero-order valence-electron chi connectivity index (χ0n) is 8.24. The molecule has 0 aliphatic carbocycles. The Morgan fingerprint density at radius 3 is 2.73 bits per heavy atom. The molecule has 0 spiro atoms. The minimum atomic E-state index is 0.828. The van der Waals surface area contributed by atoms with Crippen LogP contribution in [0, 0.1) is 6.92 Å². The van der Waals surface area contributed by atoms with Crippen LogP contribution in [0.15, 0.2) is 34.9 Å². The van der Waals surface area contributed by atoms with Gasteiger partial charge in [-0.1, -0.05) is 37.9 Å². The van der Waals surface area contributed by atoms with Crippen molar-refractivity contribution in [2.75, 3.05) is 0 Å². The van der Waals surface area contributed by atoms with E-state index in [4.69, 9.17) is 0 Å². The average molecular weight is 330 g/mol. The van der Waals surface area contributed by atoms with E-state index in [2.05, 4.69) is 49.1 Å². The van der Waals surface area contributed by atoms with Crippen molar-refractivity contribution in [3.8, 4) is 5.69 Å². The van der Waals surface area contributed by atoms with Crippen LogP contribution in [0.4, 0.5) is 0 Å². The summed E-state index contributed by atoms with van der Waals surface area (Å²) in [6.45, 7) is 1.99. The summed E-state index contributed by atoms with van der Waals surface area (Å²) >= 11 is 6.95. The fourth-order valence-corrected chi connectivity index (χ4v) is 2.24. The van der Waals surface area contributed by atoms with Crippen LogP contribution in [0.5, 0.6) is 0 Å². The van der Waals surface area contributed by atoms with E-state index in [1.807, 2.05) is 29.9 Å². The fraction of sp³-hybridized carbons (Fsp3) is 0.182. The standard InChI is InChI=1S/C11H10Br2N2/c1-8-4-5-15(14-8)11-6-10(13)3-2-9(11)7-12/h2-6H,7H2,1H3. The first-order chi connectivity index (χ1) is 7.20. The predicted molar refractivity (Wildman–Crippen MR) is 68.6 cm³/mol. The van der Waals surface area contributed by atoms with Crippen molar-refractivity contribution >= 4 is 31.9 Å². The van der Waals surface area contributed by atoms with Crippen LogP contribution in [-0.4, -0.2) is 9.78 Å². The second kappa shape index (κ2) is 4.49. The summed E-state index contributed by atoms with van der Waals surface area (Å²) in [6.07, 6.45) is 1.98. The maximum Gasteiger partial charge on any atom is 0.0697 e. The van der Waals surface area contributed by atoms with Crippen LogP contribution < -0.4 is 0 Å². The molecule has 0 amide bonds. The van der Waals surface area contributed by atoms with Gasteiger partial charge in [-0.25, -0.2) is 4.68 Å². The van der Waals surface area contributed by atoms with Gasteiger partial charge in [-0.3, -0.25) is 0 Å². The van der Waals surface area contributed by atoms with Crippen molar-refractivity contribution in [1.82, 2.24) is 9.78 Å². The molecule has 2 aromatic rings. The molecule has 0 saturated heterocycles. The van der Waals surface area contributed by atoms with Gasteiger partial charge in [0.15, 0.2) is 0 Å². The maximum atomic E-state index is 4.41. The molecule has 1 aromatic heterocycles. The van der Waals surface area contributed by atoms with Crippen molar-refractivity contribution < 1.29 is 0 Å². The monoisotopic (exact) mass is 328 g/mol.